The number of rotatable bonds is 6. The van der Waals surface area contributed by atoms with Crippen molar-refractivity contribution >= 4 is 17.7 Å². The van der Waals surface area contributed by atoms with Crippen LogP contribution in [0.15, 0.2) is 36.5 Å². The molecule has 3 heterocycles. The van der Waals surface area contributed by atoms with Gasteiger partial charge in [-0.05, 0) is 37.5 Å². The molecular weight excluding hydrogens is 441 g/mol. The topological polar surface area (TPSA) is 92.7 Å². The summed E-state index contributed by atoms with van der Waals surface area (Å²) in [4.78, 5) is 47.3. The highest BCUT2D eigenvalue weighted by atomic mass is 19.4. The molecule has 0 N–H and O–H groups in total. The second-order valence-corrected chi connectivity index (χ2v) is 7.86. The van der Waals surface area contributed by atoms with E-state index in [1.54, 1.807) is 29.2 Å². The van der Waals surface area contributed by atoms with E-state index in [4.69, 9.17) is 4.74 Å². The fourth-order valence-electron chi connectivity index (χ4n) is 3.95. The van der Waals surface area contributed by atoms with Crippen LogP contribution in [0.2, 0.25) is 0 Å². The normalized spacial score (nSPS) is 18.5. The summed E-state index contributed by atoms with van der Waals surface area (Å²) in [7, 11) is 0. The predicted molar refractivity (Wildman–Crippen MR) is 108 cm³/mol. The van der Waals surface area contributed by atoms with E-state index in [2.05, 4.69) is 9.97 Å². The number of piperidine rings is 1. The Labute approximate surface area is 187 Å². The van der Waals surface area contributed by atoms with Gasteiger partial charge in [-0.15, -0.1) is 0 Å². The lowest BCUT2D eigenvalue weighted by atomic mass is 10.1. The smallest absolute Gasteiger partial charge is 0.433 e. The van der Waals surface area contributed by atoms with Gasteiger partial charge >= 0.3 is 12.2 Å². The Morgan fingerprint density at radius 2 is 1.82 bits per heavy atom. The predicted octanol–water partition coefficient (Wildman–Crippen LogP) is 2.94. The summed E-state index contributed by atoms with van der Waals surface area (Å²) in [5, 5.41) is 0. The number of fused-ring (bicyclic) bond motifs is 1. The number of imide groups is 1. The Morgan fingerprint density at radius 1 is 1.12 bits per heavy atom. The number of nitrogens with zero attached hydrogens (tertiary/aromatic N) is 4. The van der Waals surface area contributed by atoms with E-state index in [1.165, 1.54) is 0 Å². The number of alkyl halides is 3. The summed E-state index contributed by atoms with van der Waals surface area (Å²) in [5.41, 5.74) is -0.368. The van der Waals surface area contributed by atoms with Crippen LogP contribution in [0.3, 0.4) is 0 Å². The Morgan fingerprint density at radius 3 is 2.48 bits per heavy atom. The van der Waals surface area contributed by atoms with Crippen LogP contribution in [0.4, 0.5) is 13.2 Å². The number of carbonyl (C=O) groups is 3. The number of amides is 3. The number of hydrogen-bond donors (Lipinski definition) is 0. The van der Waals surface area contributed by atoms with Gasteiger partial charge in [0, 0.05) is 25.7 Å². The van der Waals surface area contributed by atoms with Gasteiger partial charge in [0.15, 0.2) is 5.69 Å². The minimum atomic E-state index is -4.60. The van der Waals surface area contributed by atoms with Crippen LogP contribution < -0.4 is 4.74 Å². The number of ether oxygens (including phenoxy) is 1. The first kappa shape index (κ1) is 22.7. The van der Waals surface area contributed by atoms with Crippen molar-refractivity contribution in [2.45, 2.75) is 38.0 Å². The average molecular weight is 462 g/mol. The quantitative estimate of drug-likeness (QED) is 0.613. The van der Waals surface area contributed by atoms with Gasteiger partial charge in [-0.25, -0.2) is 4.98 Å². The standard InChI is InChI=1S/C22H21F3N4O4/c23-22(24,25)17-9-10-26-21(27-17)33-14-5-3-11-28(13-14)18(30)8-4-12-29-19(31)15-6-1-2-7-16(15)20(29)32/h1-2,6-7,9-10,14H,3-5,8,11-13H2. The highest BCUT2D eigenvalue weighted by Gasteiger charge is 2.35. The number of hydrogen-bond acceptors (Lipinski definition) is 6. The largest absolute Gasteiger partial charge is 0.458 e. The third-order valence-electron chi connectivity index (χ3n) is 5.58. The molecule has 2 aromatic rings. The number of carbonyl (C=O) groups excluding carboxylic acids is 3. The van der Waals surface area contributed by atoms with Crippen molar-refractivity contribution in [3.05, 3.63) is 53.3 Å². The first-order valence-corrected chi connectivity index (χ1v) is 10.5. The van der Waals surface area contributed by atoms with Crippen molar-refractivity contribution in [3.8, 4) is 6.01 Å². The number of likely N-dealkylation sites (tertiary alicyclic amines) is 1. The fourth-order valence-corrected chi connectivity index (χ4v) is 3.95. The molecule has 0 saturated carbocycles. The van der Waals surface area contributed by atoms with Gasteiger partial charge in [-0.2, -0.15) is 18.2 Å². The molecule has 1 unspecified atom stereocenters. The van der Waals surface area contributed by atoms with Crippen LogP contribution >= 0.6 is 0 Å². The van der Waals surface area contributed by atoms with E-state index in [1.807, 2.05) is 0 Å². The Kier molecular flexibility index (Phi) is 6.30. The minimum absolute atomic E-state index is 0.125. The third kappa shape index (κ3) is 4.96. The highest BCUT2D eigenvalue weighted by molar-refractivity contribution is 6.21. The molecule has 11 heteroatoms. The van der Waals surface area contributed by atoms with E-state index in [0.29, 0.717) is 36.9 Å². The molecule has 1 aromatic carbocycles. The molecule has 2 aliphatic rings. The first-order valence-electron chi connectivity index (χ1n) is 10.5. The highest BCUT2D eigenvalue weighted by Crippen LogP contribution is 2.28. The van der Waals surface area contributed by atoms with Gasteiger partial charge in [0.1, 0.15) is 6.10 Å². The molecule has 174 valence electrons. The van der Waals surface area contributed by atoms with Crippen LogP contribution in [0.25, 0.3) is 0 Å². The maximum Gasteiger partial charge on any atom is 0.433 e. The molecule has 1 atom stereocenters. The summed E-state index contributed by atoms with van der Waals surface area (Å²) >= 11 is 0. The lowest BCUT2D eigenvalue weighted by molar-refractivity contribution is -0.141. The van der Waals surface area contributed by atoms with E-state index < -0.39 is 18.0 Å². The lowest BCUT2D eigenvalue weighted by Crippen LogP contribution is -2.44. The summed E-state index contributed by atoms with van der Waals surface area (Å²) in [6, 6.07) is 6.96. The molecule has 1 saturated heterocycles. The lowest BCUT2D eigenvalue weighted by Gasteiger charge is -2.32. The number of benzene rings is 1. The van der Waals surface area contributed by atoms with E-state index in [9.17, 15) is 27.6 Å². The average Bonchev–Trinajstić information content (AvgIpc) is 3.04. The van der Waals surface area contributed by atoms with Gasteiger partial charge in [-0.3, -0.25) is 19.3 Å². The molecule has 1 aromatic heterocycles. The fraction of sp³-hybridized carbons (Fsp3) is 0.409. The van der Waals surface area contributed by atoms with Crippen LogP contribution in [0, 0.1) is 0 Å². The van der Waals surface area contributed by atoms with Crippen molar-refractivity contribution in [3.63, 3.8) is 0 Å². The van der Waals surface area contributed by atoms with Gasteiger partial charge < -0.3 is 9.64 Å². The van der Waals surface area contributed by atoms with Crippen molar-refractivity contribution in [2.75, 3.05) is 19.6 Å². The van der Waals surface area contributed by atoms with Crippen LogP contribution in [0.5, 0.6) is 6.01 Å². The SMILES string of the molecule is O=C(CCCN1C(=O)c2ccccc2C1=O)N1CCCC(Oc2nccc(C(F)(F)F)n2)C1. The van der Waals surface area contributed by atoms with E-state index in [0.717, 1.165) is 17.2 Å². The van der Waals surface area contributed by atoms with Crippen LogP contribution in [-0.2, 0) is 11.0 Å². The number of halogens is 3. The molecule has 0 radical (unpaired) electrons. The zero-order chi connectivity index (χ0) is 23.6. The summed E-state index contributed by atoms with van der Waals surface area (Å²) < 4.78 is 44.0. The Hall–Kier alpha value is -3.50. The Bertz CT molecular complexity index is 1040. The molecule has 0 aliphatic carbocycles. The first-order chi connectivity index (χ1) is 15.7. The molecule has 0 spiro atoms. The molecular formula is C22H21F3N4O4. The third-order valence-corrected chi connectivity index (χ3v) is 5.58. The van der Waals surface area contributed by atoms with E-state index >= 15 is 0 Å². The van der Waals surface area contributed by atoms with Crippen LogP contribution in [0.1, 0.15) is 52.1 Å². The molecule has 0 bridgehead atoms. The zero-order valence-electron chi connectivity index (χ0n) is 17.5. The Balaban J connectivity index is 1.28. The molecule has 33 heavy (non-hydrogen) atoms. The van der Waals surface area contributed by atoms with Crippen LogP contribution in [-0.4, -0.2) is 63.2 Å². The molecule has 8 nitrogen and oxygen atoms in total. The van der Waals surface area contributed by atoms with Crippen molar-refractivity contribution < 1.29 is 32.3 Å². The van der Waals surface area contributed by atoms with Gasteiger partial charge in [-0.1, -0.05) is 12.1 Å². The van der Waals surface area contributed by atoms with E-state index in [-0.39, 0.29) is 43.2 Å². The molecule has 2 aliphatic heterocycles. The molecule has 1 fully saturated rings. The van der Waals surface area contributed by atoms with Gasteiger partial charge in [0.05, 0.1) is 17.7 Å². The maximum absolute atomic E-state index is 12.8. The molecule has 3 amide bonds. The van der Waals surface area contributed by atoms with Crippen molar-refractivity contribution in [1.29, 1.82) is 0 Å². The maximum atomic E-state index is 12.8. The zero-order valence-corrected chi connectivity index (χ0v) is 17.5. The molecule has 4 rings (SSSR count). The monoisotopic (exact) mass is 462 g/mol. The van der Waals surface area contributed by atoms with Gasteiger partial charge in [0.25, 0.3) is 11.8 Å². The van der Waals surface area contributed by atoms with Crippen molar-refractivity contribution in [2.24, 2.45) is 0 Å². The second kappa shape index (κ2) is 9.16. The number of aromatic nitrogens is 2. The van der Waals surface area contributed by atoms with Gasteiger partial charge in [0.2, 0.25) is 5.91 Å². The summed E-state index contributed by atoms with van der Waals surface area (Å²) in [6.07, 6.45) is -2.54. The van der Waals surface area contributed by atoms with Crippen molar-refractivity contribution in [1.82, 2.24) is 19.8 Å². The summed E-state index contributed by atoms with van der Waals surface area (Å²) in [5.74, 6) is -0.906. The minimum Gasteiger partial charge on any atom is -0.458 e. The summed E-state index contributed by atoms with van der Waals surface area (Å²) in [6.45, 7) is 0.824. The second-order valence-electron chi connectivity index (χ2n) is 7.86.